The van der Waals surface area contributed by atoms with Gasteiger partial charge >= 0.3 is 0 Å². The Morgan fingerprint density at radius 3 is 2.90 bits per heavy atom. The van der Waals surface area contributed by atoms with E-state index in [1.807, 2.05) is 23.1 Å². The van der Waals surface area contributed by atoms with Crippen molar-refractivity contribution in [2.75, 3.05) is 33.5 Å². The molecule has 2 saturated heterocycles. The molecule has 114 valence electrons. The van der Waals surface area contributed by atoms with Crippen molar-refractivity contribution < 1.29 is 14.3 Å². The smallest absolute Gasteiger partial charge is 0.241 e. The largest absolute Gasteiger partial charge is 0.378 e. The van der Waals surface area contributed by atoms with Gasteiger partial charge in [-0.05, 0) is 12.0 Å². The van der Waals surface area contributed by atoms with Gasteiger partial charge in [0.25, 0.3) is 0 Å². The Labute approximate surface area is 125 Å². The van der Waals surface area contributed by atoms with E-state index in [1.165, 1.54) is 5.56 Å². The minimum absolute atomic E-state index is 0.136. The molecular formula is C16H22N2O3. The van der Waals surface area contributed by atoms with Crippen LogP contribution < -0.4 is 5.32 Å². The minimum Gasteiger partial charge on any atom is -0.378 e. The number of benzene rings is 1. The fourth-order valence-corrected chi connectivity index (χ4v) is 3.04. The monoisotopic (exact) mass is 290 g/mol. The summed E-state index contributed by atoms with van der Waals surface area (Å²) >= 11 is 0. The summed E-state index contributed by atoms with van der Waals surface area (Å²) in [6, 6.07) is 9.97. The summed E-state index contributed by atoms with van der Waals surface area (Å²) in [6.45, 7) is 2.45. The third-order valence-corrected chi connectivity index (χ3v) is 4.40. The lowest BCUT2D eigenvalue weighted by atomic mass is 10.0. The molecule has 1 N–H and O–H groups in total. The molecule has 2 atom stereocenters. The number of ether oxygens (including phenoxy) is 2. The van der Waals surface area contributed by atoms with Gasteiger partial charge in [-0.15, -0.1) is 0 Å². The average Bonchev–Trinajstić information content (AvgIpc) is 3.11. The summed E-state index contributed by atoms with van der Waals surface area (Å²) in [5, 5.41) is 3.30. The Hall–Kier alpha value is -1.43. The second kappa shape index (κ2) is 6.13. The van der Waals surface area contributed by atoms with Crippen molar-refractivity contribution in [2.24, 2.45) is 0 Å². The van der Waals surface area contributed by atoms with Crippen molar-refractivity contribution >= 4 is 5.91 Å². The van der Waals surface area contributed by atoms with Crippen molar-refractivity contribution in [3.05, 3.63) is 35.9 Å². The lowest BCUT2D eigenvalue weighted by Crippen LogP contribution is -2.46. The lowest BCUT2D eigenvalue weighted by Gasteiger charge is -2.30. The van der Waals surface area contributed by atoms with Crippen LogP contribution in [0.5, 0.6) is 0 Å². The molecule has 2 fully saturated rings. The van der Waals surface area contributed by atoms with Crippen LogP contribution in [0.25, 0.3) is 0 Å². The van der Waals surface area contributed by atoms with Gasteiger partial charge in [-0.2, -0.15) is 0 Å². The summed E-state index contributed by atoms with van der Waals surface area (Å²) in [4.78, 5) is 14.4. The molecule has 5 heteroatoms. The van der Waals surface area contributed by atoms with Crippen LogP contribution in [0.2, 0.25) is 0 Å². The van der Waals surface area contributed by atoms with Crippen molar-refractivity contribution in [2.45, 2.75) is 24.5 Å². The number of methoxy groups -OCH3 is 1. The maximum atomic E-state index is 12.5. The van der Waals surface area contributed by atoms with E-state index in [2.05, 4.69) is 17.4 Å². The molecule has 1 aromatic rings. The molecule has 2 unspecified atom stereocenters. The maximum Gasteiger partial charge on any atom is 0.241 e. The van der Waals surface area contributed by atoms with Gasteiger partial charge in [0.05, 0.1) is 25.9 Å². The van der Waals surface area contributed by atoms with Crippen molar-refractivity contribution in [3.8, 4) is 0 Å². The SMILES string of the molecule is COC1(CN2CNC(Cc3ccccc3)C2=O)CCOC1. The molecule has 21 heavy (non-hydrogen) atoms. The molecule has 0 bridgehead atoms. The Balaban J connectivity index is 1.61. The quantitative estimate of drug-likeness (QED) is 0.871. The zero-order valence-electron chi connectivity index (χ0n) is 12.4. The predicted molar refractivity (Wildman–Crippen MR) is 78.8 cm³/mol. The second-order valence-electron chi connectivity index (χ2n) is 5.83. The van der Waals surface area contributed by atoms with Gasteiger partial charge in [-0.1, -0.05) is 30.3 Å². The van der Waals surface area contributed by atoms with E-state index in [0.29, 0.717) is 26.4 Å². The minimum atomic E-state index is -0.334. The van der Waals surface area contributed by atoms with Gasteiger partial charge in [0.2, 0.25) is 5.91 Å². The molecule has 2 aliphatic rings. The normalized spacial score (nSPS) is 29.3. The third-order valence-electron chi connectivity index (χ3n) is 4.40. The van der Waals surface area contributed by atoms with Crippen LogP contribution in [-0.2, 0) is 20.7 Å². The number of rotatable bonds is 5. The third kappa shape index (κ3) is 3.10. The summed E-state index contributed by atoms with van der Waals surface area (Å²) in [6.07, 6.45) is 1.57. The fourth-order valence-electron chi connectivity index (χ4n) is 3.04. The molecular weight excluding hydrogens is 268 g/mol. The van der Waals surface area contributed by atoms with Crippen LogP contribution in [0.1, 0.15) is 12.0 Å². The highest BCUT2D eigenvalue weighted by atomic mass is 16.5. The van der Waals surface area contributed by atoms with Crippen molar-refractivity contribution in [1.29, 1.82) is 0 Å². The van der Waals surface area contributed by atoms with Crippen LogP contribution in [0.15, 0.2) is 30.3 Å². The maximum absolute atomic E-state index is 12.5. The van der Waals surface area contributed by atoms with Gasteiger partial charge in [0.1, 0.15) is 5.60 Å². The van der Waals surface area contributed by atoms with Gasteiger partial charge in [0, 0.05) is 20.1 Å². The highest BCUT2D eigenvalue weighted by molar-refractivity contribution is 5.84. The number of amides is 1. The molecule has 0 saturated carbocycles. The van der Waals surface area contributed by atoms with Gasteiger partial charge in [-0.25, -0.2) is 0 Å². The molecule has 3 rings (SSSR count). The molecule has 0 aliphatic carbocycles. The van der Waals surface area contributed by atoms with E-state index in [9.17, 15) is 4.79 Å². The zero-order chi connectivity index (χ0) is 14.7. The first-order chi connectivity index (χ1) is 10.2. The molecule has 2 aliphatic heterocycles. The number of carbonyl (C=O) groups is 1. The Morgan fingerprint density at radius 2 is 2.24 bits per heavy atom. The Kier molecular flexibility index (Phi) is 4.24. The fraction of sp³-hybridized carbons (Fsp3) is 0.562. The highest BCUT2D eigenvalue weighted by Gasteiger charge is 2.41. The topological polar surface area (TPSA) is 50.8 Å². The number of hydrogen-bond acceptors (Lipinski definition) is 4. The molecule has 1 amide bonds. The second-order valence-corrected chi connectivity index (χ2v) is 5.83. The van der Waals surface area contributed by atoms with E-state index >= 15 is 0 Å². The van der Waals surface area contributed by atoms with Crippen molar-refractivity contribution in [3.63, 3.8) is 0 Å². The standard InChI is InChI=1S/C16H22N2O3/c1-20-16(7-8-21-11-16)10-18-12-17-14(15(18)19)9-13-5-3-2-4-6-13/h2-6,14,17H,7-12H2,1H3. The lowest BCUT2D eigenvalue weighted by molar-refractivity contribution is -0.133. The number of carbonyl (C=O) groups excluding carboxylic acids is 1. The zero-order valence-corrected chi connectivity index (χ0v) is 12.4. The van der Waals surface area contributed by atoms with Crippen LogP contribution in [0.4, 0.5) is 0 Å². The summed E-state index contributed by atoms with van der Waals surface area (Å²) in [5.41, 5.74) is 0.842. The highest BCUT2D eigenvalue weighted by Crippen LogP contribution is 2.25. The van der Waals surface area contributed by atoms with Crippen LogP contribution >= 0.6 is 0 Å². The molecule has 0 aromatic heterocycles. The number of nitrogens with one attached hydrogen (secondary N) is 1. The summed E-state index contributed by atoms with van der Waals surface area (Å²) in [5.74, 6) is 0.155. The van der Waals surface area contributed by atoms with Gasteiger partial charge < -0.3 is 14.4 Å². The number of hydrogen-bond donors (Lipinski definition) is 1. The molecule has 0 radical (unpaired) electrons. The van der Waals surface area contributed by atoms with Crippen molar-refractivity contribution in [1.82, 2.24) is 10.2 Å². The molecule has 0 spiro atoms. The van der Waals surface area contributed by atoms with Crippen LogP contribution in [-0.4, -0.2) is 56.0 Å². The Bertz CT molecular complexity index is 486. The summed E-state index contributed by atoms with van der Waals surface area (Å²) in [7, 11) is 1.70. The summed E-state index contributed by atoms with van der Waals surface area (Å²) < 4.78 is 11.1. The molecule has 2 heterocycles. The molecule has 1 aromatic carbocycles. The molecule has 5 nitrogen and oxygen atoms in total. The van der Waals surface area contributed by atoms with E-state index in [1.54, 1.807) is 7.11 Å². The van der Waals surface area contributed by atoms with Crippen LogP contribution in [0.3, 0.4) is 0 Å². The predicted octanol–water partition coefficient (Wildman–Crippen LogP) is 0.792. The average molecular weight is 290 g/mol. The van der Waals surface area contributed by atoms with E-state index in [0.717, 1.165) is 12.8 Å². The Morgan fingerprint density at radius 1 is 1.43 bits per heavy atom. The first-order valence-electron chi connectivity index (χ1n) is 7.41. The van der Waals surface area contributed by atoms with Gasteiger partial charge in [0.15, 0.2) is 0 Å². The van der Waals surface area contributed by atoms with E-state index < -0.39 is 0 Å². The first kappa shape index (κ1) is 14.5. The van der Waals surface area contributed by atoms with Crippen LogP contribution in [0, 0.1) is 0 Å². The van der Waals surface area contributed by atoms with E-state index in [4.69, 9.17) is 9.47 Å². The van der Waals surface area contributed by atoms with Gasteiger partial charge in [-0.3, -0.25) is 10.1 Å². The first-order valence-corrected chi connectivity index (χ1v) is 7.41. The number of nitrogens with zero attached hydrogens (tertiary/aromatic N) is 1. The van der Waals surface area contributed by atoms with E-state index in [-0.39, 0.29) is 17.6 Å².